The molecule has 1 aliphatic heterocycles. The number of pyridine rings is 1. The maximum atomic E-state index is 13.7. The molecule has 220 valence electrons. The first-order valence-corrected chi connectivity index (χ1v) is 14.1. The molecule has 5 rings (SSSR count). The molecule has 2 fully saturated rings. The van der Waals surface area contributed by atoms with Gasteiger partial charge in [0.25, 0.3) is 5.91 Å². The zero-order valence-corrected chi connectivity index (χ0v) is 23.5. The van der Waals surface area contributed by atoms with Crippen LogP contribution in [0.25, 0.3) is 11.0 Å². The van der Waals surface area contributed by atoms with Crippen molar-refractivity contribution in [2.24, 2.45) is 11.7 Å². The molecule has 1 saturated heterocycles. The largest absolute Gasteiger partial charge is 0.495 e. The Morgan fingerprint density at radius 3 is 2.59 bits per heavy atom. The minimum Gasteiger partial charge on any atom is -0.495 e. The number of carbonyl (C=O) groups is 1. The fraction of sp³-hybridized carbons (Fsp3) is 0.517. The van der Waals surface area contributed by atoms with Crippen LogP contribution in [0, 0.1) is 5.92 Å². The first-order valence-electron chi connectivity index (χ1n) is 14.1. The number of nitrogens with zero attached hydrogens (tertiary/aromatic N) is 4. The number of methoxy groups -OCH3 is 1. The van der Waals surface area contributed by atoms with Crippen molar-refractivity contribution in [3.05, 3.63) is 45.7 Å². The Kier molecular flexibility index (Phi) is 8.12. The molecule has 3 aromatic rings. The van der Waals surface area contributed by atoms with E-state index in [9.17, 15) is 18.4 Å². The van der Waals surface area contributed by atoms with Gasteiger partial charge in [0.15, 0.2) is 5.65 Å². The number of nitrogens with two attached hydrogens (primary N) is 2. The summed E-state index contributed by atoms with van der Waals surface area (Å²) in [6.07, 6.45) is 4.99. The van der Waals surface area contributed by atoms with Crippen molar-refractivity contribution in [1.82, 2.24) is 19.4 Å². The summed E-state index contributed by atoms with van der Waals surface area (Å²) in [6.45, 7) is 4.02. The normalized spacial score (nSPS) is 16.7. The highest BCUT2D eigenvalue weighted by molar-refractivity contribution is 6.00. The quantitative estimate of drug-likeness (QED) is 0.311. The number of hydrogen-bond donors (Lipinski definition) is 3. The summed E-state index contributed by atoms with van der Waals surface area (Å²) in [5, 5.41) is 3.36. The molecule has 3 heterocycles. The van der Waals surface area contributed by atoms with E-state index < -0.39 is 17.3 Å². The zero-order valence-electron chi connectivity index (χ0n) is 23.5. The Labute approximate surface area is 237 Å². The molecule has 12 heteroatoms. The highest BCUT2D eigenvalue weighted by Gasteiger charge is 2.29. The van der Waals surface area contributed by atoms with Crippen LogP contribution in [0.3, 0.4) is 0 Å². The third-order valence-corrected chi connectivity index (χ3v) is 8.27. The molecule has 41 heavy (non-hydrogen) atoms. The third-order valence-electron chi connectivity index (χ3n) is 8.27. The number of piperidine rings is 1. The van der Waals surface area contributed by atoms with Crippen molar-refractivity contribution >= 4 is 34.4 Å². The lowest BCUT2D eigenvalue weighted by atomic mass is 9.89. The van der Waals surface area contributed by atoms with E-state index >= 15 is 0 Å². The number of alkyl halides is 2. The van der Waals surface area contributed by atoms with Gasteiger partial charge >= 0.3 is 0 Å². The first-order chi connectivity index (χ1) is 19.6. The van der Waals surface area contributed by atoms with Crippen molar-refractivity contribution in [2.75, 3.05) is 37.8 Å². The minimum absolute atomic E-state index is 0.0126. The number of primary amides is 1. The maximum Gasteiger partial charge on any atom is 0.256 e. The average Bonchev–Trinajstić information content (AvgIpc) is 3.79. The molecule has 10 nitrogen and oxygen atoms in total. The summed E-state index contributed by atoms with van der Waals surface area (Å²) in [7, 11) is 1.58. The fourth-order valence-corrected chi connectivity index (χ4v) is 5.45. The number of carbonyl (C=O) groups excluding carboxylic acids is 1. The first kappa shape index (κ1) is 28.7. The number of ether oxygens (including phenoxy) is 1. The predicted octanol–water partition coefficient (Wildman–Crippen LogP) is 4.25. The van der Waals surface area contributed by atoms with Crippen LogP contribution >= 0.6 is 0 Å². The molecule has 5 N–H and O–H groups in total. The molecular formula is C29H37F2N7O3. The van der Waals surface area contributed by atoms with Crippen molar-refractivity contribution in [1.29, 1.82) is 0 Å². The molecule has 1 aromatic carbocycles. The minimum atomic E-state index is -2.60. The summed E-state index contributed by atoms with van der Waals surface area (Å²) >= 11 is 0. The van der Waals surface area contributed by atoms with Crippen LogP contribution < -0.4 is 26.9 Å². The van der Waals surface area contributed by atoms with Gasteiger partial charge in [0.2, 0.25) is 17.3 Å². The predicted molar refractivity (Wildman–Crippen MR) is 154 cm³/mol. The van der Waals surface area contributed by atoms with Gasteiger partial charge in [0.1, 0.15) is 17.1 Å². The summed E-state index contributed by atoms with van der Waals surface area (Å²) in [6, 6.07) is 5.91. The van der Waals surface area contributed by atoms with Crippen molar-refractivity contribution in [3.8, 4) is 5.75 Å². The van der Waals surface area contributed by atoms with Crippen LogP contribution in [-0.2, 0) is 6.54 Å². The molecule has 0 atom stereocenters. The van der Waals surface area contributed by atoms with Gasteiger partial charge in [-0.05, 0) is 68.3 Å². The summed E-state index contributed by atoms with van der Waals surface area (Å²) in [5.41, 5.74) is 13.0. The van der Waals surface area contributed by atoms with Crippen LogP contribution in [0.15, 0.2) is 29.2 Å². The maximum absolute atomic E-state index is 13.7. The summed E-state index contributed by atoms with van der Waals surface area (Å²) in [4.78, 5) is 36.0. The van der Waals surface area contributed by atoms with Crippen molar-refractivity contribution < 1.29 is 18.3 Å². The highest BCUT2D eigenvalue weighted by Crippen LogP contribution is 2.36. The smallest absolute Gasteiger partial charge is 0.256 e. The van der Waals surface area contributed by atoms with E-state index in [1.54, 1.807) is 11.7 Å². The second kappa shape index (κ2) is 11.6. The van der Waals surface area contributed by atoms with Gasteiger partial charge in [-0.15, -0.1) is 0 Å². The second-order valence-corrected chi connectivity index (χ2v) is 11.1. The van der Waals surface area contributed by atoms with E-state index in [0.29, 0.717) is 42.0 Å². The lowest BCUT2D eigenvalue weighted by Crippen LogP contribution is -2.36. The Morgan fingerprint density at radius 2 is 1.95 bits per heavy atom. The Balaban J connectivity index is 1.35. The number of fused-ring (bicyclic) bond motifs is 1. The molecule has 2 aliphatic rings. The van der Waals surface area contributed by atoms with E-state index in [4.69, 9.17) is 16.2 Å². The Bertz CT molecular complexity index is 1500. The fourth-order valence-electron chi connectivity index (χ4n) is 5.45. The zero-order chi connectivity index (χ0) is 29.3. The van der Waals surface area contributed by atoms with Gasteiger partial charge in [0.05, 0.1) is 18.2 Å². The van der Waals surface area contributed by atoms with Gasteiger partial charge in [-0.25, -0.2) is 13.8 Å². The Hall–Kier alpha value is -3.80. The lowest BCUT2D eigenvalue weighted by Gasteiger charge is -2.33. The molecule has 0 radical (unpaired) electrons. The number of benzene rings is 1. The van der Waals surface area contributed by atoms with E-state index in [2.05, 4.69) is 20.2 Å². The number of rotatable bonds is 11. The Morgan fingerprint density at radius 1 is 1.22 bits per heavy atom. The molecular weight excluding hydrogens is 532 g/mol. The van der Waals surface area contributed by atoms with E-state index in [1.165, 1.54) is 13.1 Å². The number of amides is 1. The number of halogens is 2. The number of nitrogen functional groups attached to an aromatic ring is 1. The van der Waals surface area contributed by atoms with Gasteiger partial charge in [0, 0.05) is 32.1 Å². The van der Waals surface area contributed by atoms with Gasteiger partial charge < -0.3 is 31.0 Å². The monoisotopic (exact) mass is 569 g/mol. The van der Waals surface area contributed by atoms with Crippen LogP contribution in [0.5, 0.6) is 5.75 Å². The van der Waals surface area contributed by atoms with Crippen LogP contribution in [0.4, 0.5) is 26.2 Å². The van der Waals surface area contributed by atoms with E-state index in [-0.39, 0.29) is 35.6 Å². The van der Waals surface area contributed by atoms with Gasteiger partial charge in [-0.1, -0.05) is 13.0 Å². The molecule has 0 bridgehead atoms. The molecule has 0 spiro atoms. The molecule has 1 saturated carbocycles. The molecule has 0 unspecified atom stereocenters. The van der Waals surface area contributed by atoms with Crippen molar-refractivity contribution in [2.45, 2.75) is 63.8 Å². The average molecular weight is 570 g/mol. The molecule has 1 aliphatic carbocycles. The highest BCUT2D eigenvalue weighted by atomic mass is 19.3. The van der Waals surface area contributed by atoms with E-state index in [0.717, 1.165) is 44.3 Å². The number of nitrogens with one attached hydrogen (secondary N) is 1. The van der Waals surface area contributed by atoms with Gasteiger partial charge in [-0.2, -0.15) is 4.98 Å². The number of aromatic nitrogens is 3. The van der Waals surface area contributed by atoms with Crippen LogP contribution in [0.1, 0.15) is 67.3 Å². The van der Waals surface area contributed by atoms with Crippen molar-refractivity contribution in [3.63, 3.8) is 0 Å². The number of anilines is 3. The second-order valence-electron chi connectivity index (χ2n) is 11.1. The number of hydrogen-bond acceptors (Lipinski definition) is 8. The molecule has 2 aromatic heterocycles. The van der Waals surface area contributed by atoms with Crippen LogP contribution in [-0.4, -0.2) is 58.0 Å². The lowest BCUT2D eigenvalue weighted by molar-refractivity contribution is -0.0211. The summed E-state index contributed by atoms with van der Waals surface area (Å²) in [5.74, 6) is -1.92. The van der Waals surface area contributed by atoms with E-state index in [1.807, 2.05) is 18.2 Å². The molecule has 1 amide bonds. The third kappa shape index (κ3) is 6.27. The topological polar surface area (TPSA) is 141 Å². The van der Waals surface area contributed by atoms with Crippen LogP contribution in [0.2, 0.25) is 0 Å². The SMILES string of the molecule is CCC(F)(F)CCN1CCC(c2ccc(Nc3ncc4c(=O)c(C(N)=O)c(N)n(CC5CC5)c4n3)c(OC)c2)CC1. The number of likely N-dealkylation sites (tertiary alicyclic amines) is 1. The van der Waals surface area contributed by atoms with Gasteiger partial charge in [-0.3, -0.25) is 9.59 Å². The summed E-state index contributed by atoms with van der Waals surface area (Å²) < 4.78 is 34.7. The standard InChI is InChI=1S/C29H37F2N7O3/c1-3-29(30,31)10-13-37-11-8-18(9-12-37)19-6-7-21(22(14-19)41-2)35-28-34-15-20-24(39)23(26(33)40)25(32)38(27(20)36-28)16-17-4-5-17/h6-7,14-15,17-18H,3-5,8-13,16,32H2,1-2H3,(H2,33,40)(H,34,35,36).